The molecule has 0 aromatic heterocycles. The smallest absolute Gasteiger partial charge is 0.406 e. The molecule has 1 amide bonds. The molecule has 1 aromatic rings. The lowest BCUT2D eigenvalue weighted by atomic mass is 10.0. The van der Waals surface area contributed by atoms with Crippen LogP contribution in [-0.4, -0.2) is 44.8 Å². The summed E-state index contributed by atoms with van der Waals surface area (Å²) >= 11 is 0. The molecule has 0 saturated heterocycles. The van der Waals surface area contributed by atoms with E-state index in [1.165, 1.54) is 17.0 Å². The molecule has 1 aromatic carbocycles. The van der Waals surface area contributed by atoms with Gasteiger partial charge in [-0.25, -0.2) is 13.2 Å². The molecule has 0 spiro atoms. The second-order valence-corrected chi connectivity index (χ2v) is 6.68. The van der Waals surface area contributed by atoms with Crippen molar-refractivity contribution in [2.24, 2.45) is 0 Å². The fourth-order valence-electron chi connectivity index (χ4n) is 2.19. The van der Waals surface area contributed by atoms with Gasteiger partial charge in [0.15, 0.2) is 0 Å². The summed E-state index contributed by atoms with van der Waals surface area (Å²) in [7, 11) is -2.13. The molecule has 1 N–H and O–H groups in total. The van der Waals surface area contributed by atoms with E-state index in [4.69, 9.17) is 0 Å². The highest BCUT2D eigenvalue weighted by molar-refractivity contribution is 7.89. The molecular weight excluding hydrogens is 280 g/mol. The quantitative estimate of drug-likeness (QED) is 0.889. The molecule has 0 fully saturated rings. The Hall–Kier alpha value is -1.60. The number of sulfonamides is 1. The standard InChI is InChI=1S/C13H18N2O4S/c1-19-13(16)14-7-9-20(17,18)15-8-6-11-4-2-3-5-12(11)10-15/h2-5H,6-10H2,1H3,(H,14,16). The maximum Gasteiger partial charge on any atom is 0.406 e. The average molecular weight is 298 g/mol. The summed E-state index contributed by atoms with van der Waals surface area (Å²) in [5.74, 6) is -0.121. The lowest BCUT2D eigenvalue weighted by Gasteiger charge is -2.28. The Labute approximate surface area is 118 Å². The lowest BCUT2D eigenvalue weighted by molar-refractivity contribution is 0.171. The van der Waals surface area contributed by atoms with E-state index in [-0.39, 0.29) is 12.3 Å². The maximum atomic E-state index is 12.2. The molecule has 1 heterocycles. The lowest BCUT2D eigenvalue weighted by Crippen LogP contribution is -2.40. The molecule has 2 rings (SSSR count). The number of rotatable bonds is 4. The number of hydrogen-bond donors (Lipinski definition) is 1. The van der Waals surface area contributed by atoms with Crippen molar-refractivity contribution in [3.8, 4) is 0 Å². The highest BCUT2D eigenvalue weighted by atomic mass is 32.2. The number of carbonyl (C=O) groups excluding carboxylic acids is 1. The van der Waals surface area contributed by atoms with Crippen LogP contribution >= 0.6 is 0 Å². The number of methoxy groups -OCH3 is 1. The molecule has 6 nitrogen and oxygen atoms in total. The summed E-state index contributed by atoms with van der Waals surface area (Å²) < 4.78 is 30.3. The van der Waals surface area contributed by atoms with Crippen LogP contribution in [0.2, 0.25) is 0 Å². The van der Waals surface area contributed by atoms with Gasteiger partial charge < -0.3 is 10.1 Å². The second kappa shape index (κ2) is 6.23. The van der Waals surface area contributed by atoms with Crippen LogP contribution in [0.5, 0.6) is 0 Å². The Kier molecular flexibility index (Phi) is 4.61. The second-order valence-electron chi connectivity index (χ2n) is 4.59. The summed E-state index contributed by atoms with van der Waals surface area (Å²) in [6.07, 6.45) is 0.101. The first-order chi connectivity index (χ1) is 9.53. The van der Waals surface area contributed by atoms with Crippen LogP contribution in [0.1, 0.15) is 11.1 Å². The first kappa shape index (κ1) is 14.8. The third-order valence-electron chi connectivity index (χ3n) is 3.30. The molecule has 0 atom stereocenters. The molecule has 1 aliphatic heterocycles. The molecular formula is C13H18N2O4S. The van der Waals surface area contributed by atoms with Gasteiger partial charge in [0.05, 0.1) is 12.9 Å². The van der Waals surface area contributed by atoms with Gasteiger partial charge in [-0.2, -0.15) is 4.31 Å². The number of alkyl carbamates (subject to hydrolysis) is 1. The van der Waals surface area contributed by atoms with Crippen LogP contribution in [0, 0.1) is 0 Å². The minimum Gasteiger partial charge on any atom is -0.453 e. The van der Waals surface area contributed by atoms with E-state index in [0.29, 0.717) is 13.1 Å². The minimum absolute atomic E-state index is 0.0488. The molecule has 0 aliphatic carbocycles. The fraction of sp³-hybridized carbons (Fsp3) is 0.462. The van der Waals surface area contributed by atoms with E-state index in [1.54, 1.807) is 0 Å². The van der Waals surface area contributed by atoms with E-state index < -0.39 is 16.1 Å². The number of carbonyl (C=O) groups is 1. The number of fused-ring (bicyclic) bond motifs is 1. The first-order valence-electron chi connectivity index (χ1n) is 6.39. The summed E-state index contributed by atoms with van der Waals surface area (Å²) in [6, 6.07) is 7.85. The largest absolute Gasteiger partial charge is 0.453 e. The zero-order valence-electron chi connectivity index (χ0n) is 11.3. The van der Waals surface area contributed by atoms with Crippen molar-refractivity contribution in [1.82, 2.24) is 9.62 Å². The highest BCUT2D eigenvalue weighted by Crippen LogP contribution is 2.20. The van der Waals surface area contributed by atoms with Gasteiger partial charge in [0.1, 0.15) is 0 Å². The van der Waals surface area contributed by atoms with Gasteiger partial charge in [0, 0.05) is 19.6 Å². The van der Waals surface area contributed by atoms with Crippen molar-refractivity contribution < 1.29 is 17.9 Å². The maximum absolute atomic E-state index is 12.2. The summed E-state index contributed by atoms with van der Waals surface area (Å²) in [5, 5.41) is 2.38. The molecule has 110 valence electrons. The molecule has 0 saturated carbocycles. The summed E-state index contributed by atoms with van der Waals surface area (Å²) in [6.45, 7) is 0.932. The van der Waals surface area contributed by atoms with Gasteiger partial charge >= 0.3 is 6.09 Å². The van der Waals surface area contributed by atoms with Crippen molar-refractivity contribution in [3.05, 3.63) is 35.4 Å². The van der Waals surface area contributed by atoms with E-state index >= 15 is 0 Å². The number of ether oxygens (including phenoxy) is 1. The van der Waals surface area contributed by atoms with E-state index in [9.17, 15) is 13.2 Å². The fourth-order valence-corrected chi connectivity index (χ4v) is 3.51. The van der Waals surface area contributed by atoms with Crippen LogP contribution in [0.4, 0.5) is 4.79 Å². The summed E-state index contributed by atoms with van der Waals surface area (Å²) in [5.41, 5.74) is 2.25. The molecule has 20 heavy (non-hydrogen) atoms. The van der Waals surface area contributed by atoms with Gasteiger partial charge in [0.25, 0.3) is 0 Å². The SMILES string of the molecule is COC(=O)NCCS(=O)(=O)N1CCc2ccccc2C1. The highest BCUT2D eigenvalue weighted by Gasteiger charge is 2.26. The molecule has 0 bridgehead atoms. The van der Waals surface area contributed by atoms with E-state index in [0.717, 1.165) is 12.0 Å². The number of nitrogens with one attached hydrogen (secondary N) is 1. The van der Waals surface area contributed by atoms with Crippen LogP contribution in [0.15, 0.2) is 24.3 Å². The normalized spacial score (nSPS) is 15.4. The molecule has 0 radical (unpaired) electrons. The predicted octanol–water partition coefficient (Wildman–Crippen LogP) is 0.730. The number of nitrogens with zero attached hydrogens (tertiary/aromatic N) is 1. The van der Waals surface area contributed by atoms with Crippen molar-refractivity contribution in [3.63, 3.8) is 0 Å². The zero-order chi connectivity index (χ0) is 14.6. The summed E-state index contributed by atoms with van der Waals surface area (Å²) in [4.78, 5) is 10.9. The van der Waals surface area contributed by atoms with Crippen molar-refractivity contribution in [1.29, 1.82) is 0 Å². The third kappa shape index (κ3) is 3.49. The molecule has 0 unspecified atom stereocenters. The number of benzene rings is 1. The Morgan fingerprint density at radius 2 is 2.05 bits per heavy atom. The predicted molar refractivity (Wildman–Crippen MR) is 74.8 cm³/mol. The topological polar surface area (TPSA) is 75.7 Å². The van der Waals surface area contributed by atoms with Crippen LogP contribution in [0.3, 0.4) is 0 Å². The molecule has 7 heteroatoms. The average Bonchev–Trinajstić information content (AvgIpc) is 2.46. The first-order valence-corrected chi connectivity index (χ1v) is 8.00. The van der Waals surface area contributed by atoms with Gasteiger partial charge in [0.2, 0.25) is 10.0 Å². The number of amides is 1. The van der Waals surface area contributed by atoms with Gasteiger partial charge in [-0.1, -0.05) is 24.3 Å². The van der Waals surface area contributed by atoms with Gasteiger partial charge in [-0.05, 0) is 17.5 Å². The number of hydrogen-bond acceptors (Lipinski definition) is 4. The Morgan fingerprint density at radius 1 is 1.35 bits per heavy atom. The Bertz CT molecular complexity index is 586. The zero-order valence-corrected chi connectivity index (χ0v) is 12.1. The van der Waals surface area contributed by atoms with Crippen molar-refractivity contribution >= 4 is 16.1 Å². The Balaban J connectivity index is 1.96. The van der Waals surface area contributed by atoms with Crippen molar-refractivity contribution in [2.45, 2.75) is 13.0 Å². The van der Waals surface area contributed by atoms with Crippen LogP contribution in [0.25, 0.3) is 0 Å². The van der Waals surface area contributed by atoms with Crippen LogP contribution < -0.4 is 5.32 Å². The van der Waals surface area contributed by atoms with Gasteiger partial charge in [-0.15, -0.1) is 0 Å². The molecule has 1 aliphatic rings. The van der Waals surface area contributed by atoms with E-state index in [2.05, 4.69) is 10.1 Å². The Morgan fingerprint density at radius 3 is 2.75 bits per heavy atom. The van der Waals surface area contributed by atoms with Gasteiger partial charge in [-0.3, -0.25) is 0 Å². The van der Waals surface area contributed by atoms with Crippen molar-refractivity contribution in [2.75, 3.05) is 26.0 Å². The monoisotopic (exact) mass is 298 g/mol. The minimum atomic E-state index is -3.37. The van der Waals surface area contributed by atoms with Crippen LogP contribution in [-0.2, 0) is 27.7 Å². The third-order valence-corrected chi connectivity index (χ3v) is 5.12. The van der Waals surface area contributed by atoms with E-state index in [1.807, 2.05) is 24.3 Å².